The van der Waals surface area contributed by atoms with Gasteiger partial charge < -0.3 is 19.1 Å². The first-order valence-electron chi connectivity index (χ1n) is 8.45. The van der Waals surface area contributed by atoms with Gasteiger partial charge in [-0.2, -0.15) is 0 Å². The number of para-hydroxylation sites is 1. The molecule has 1 aromatic carbocycles. The van der Waals surface area contributed by atoms with Gasteiger partial charge in [0.1, 0.15) is 0 Å². The van der Waals surface area contributed by atoms with Gasteiger partial charge in [-0.25, -0.2) is 0 Å². The van der Waals surface area contributed by atoms with Crippen molar-refractivity contribution in [1.29, 1.82) is 0 Å². The third-order valence-corrected chi connectivity index (χ3v) is 4.19. The van der Waals surface area contributed by atoms with Crippen LogP contribution in [0, 0.1) is 5.92 Å². The zero-order valence-electron chi connectivity index (χ0n) is 15.0. The van der Waals surface area contributed by atoms with E-state index >= 15 is 0 Å². The van der Waals surface area contributed by atoms with E-state index in [1.165, 1.54) is 6.08 Å². The quantitative estimate of drug-likeness (QED) is 0.584. The number of hydrogen-bond acceptors (Lipinski definition) is 5. The minimum atomic E-state index is -0.239. The molecule has 0 saturated carbocycles. The molecular weight excluding hydrogens is 322 g/mol. The molecule has 0 aliphatic carbocycles. The number of amides is 1. The van der Waals surface area contributed by atoms with Crippen LogP contribution in [0.15, 0.2) is 24.3 Å². The van der Waals surface area contributed by atoms with E-state index in [4.69, 9.17) is 14.2 Å². The minimum absolute atomic E-state index is 0.126. The second-order valence-corrected chi connectivity index (χ2v) is 5.79. The first kappa shape index (κ1) is 18.8. The molecule has 1 aliphatic heterocycles. The van der Waals surface area contributed by atoms with E-state index in [1.54, 1.807) is 38.2 Å². The molecule has 1 fully saturated rings. The van der Waals surface area contributed by atoms with Gasteiger partial charge in [0, 0.05) is 24.7 Å². The van der Waals surface area contributed by atoms with E-state index in [2.05, 4.69) is 0 Å². The summed E-state index contributed by atoms with van der Waals surface area (Å²) in [6.45, 7) is 3.19. The topological polar surface area (TPSA) is 65.1 Å². The lowest BCUT2D eigenvalue weighted by Crippen LogP contribution is -2.42. The number of likely N-dealkylation sites (tertiary alicyclic amines) is 1. The van der Waals surface area contributed by atoms with E-state index in [9.17, 15) is 9.59 Å². The Hall–Kier alpha value is -2.50. The van der Waals surface area contributed by atoms with Crippen LogP contribution in [0.2, 0.25) is 0 Å². The highest BCUT2D eigenvalue weighted by molar-refractivity contribution is 5.92. The number of carbonyl (C=O) groups excluding carboxylic acids is 2. The van der Waals surface area contributed by atoms with E-state index in [0.29, 0.717) is 31.2 Å². The summed E-state index contributed by atoms with van der Waals surface area (Å²) in [5, 5.41) is 0. The van der Waals surface area contributed by atoms with Crippen LogP contribution < -0.4 is 9.47 Å². The van der Waals surface area contributed by atoms with Crippen molar-refractivity contribution in [3.05, 3.63) is 29.8 Å². The maximum atomic E-state index is 12.5. The Bertz CT molecular complexity index is 641. The molecule has 1 amide bonds. The van der Waals surface area contributed by atoms with Crippen LogP contribution in [0.4, 0.5) is 0 Å². The molecule has 0 radical (unpaired) electrons. The number of carbonyl (C=O) groups is 2. The number of esters is 1. The molecule has 0 spiro atoms. The smallest absolute Gasteiger partial charge is 0.310 e. The first-order valence-corrected chi connectivity index (χ1v) is 8.45. The van der Waals surface area contributed by atoms with Crippen molar-refractivity contribution in [2.75, 3.05) is 33.9 Å². The highest BCUT2D eigenvalue weighted by atomic mass is 16.5. The largest absolute Gasteiger partial charge is 0.493 e. The van der Waals surface area contributed by atoms with Gasteiger partial charge in [0.2, 0.25) is 5.91 Å². The van der Waals surface area contributed by atoms with Gasteiger partial charge in [0.15, 0.2) is 11.5 Å². The molecule has 1 atom stereocenters. The highest BCUT2D eigenvalue weighted by Crippen LogP contribution is 2.31. The molecule has 0 N–H and O–H groups in total. The molecule has 1 aliphatic rings. The fourth-order valence-electron chi connectivity index (χ4n) is 2.94. The monoisotopic (exact) mass is 347 g/mol. The molecule has 6 heteroatoms. The maximum Gasteiger partial charge on any atom is 0.310 e. The summed E-state index contributed by atoms with van der Waals surface area (Å²) >= 11 is 0. The number of hydrogen-bond donors (Lipinski definition) is 0. The summed E-state index contributed by atoms with van der Waals surface area (Å²) in [6.07, 6.45) is 4.77. The molecule has 6 nitrogen and oxygen atoms in total. The lowest BCUT2D eigenvalue weighted by Gasteiger charge is -2.30. The molecular formula is C19H25NO5. The van der Waals surface area contributed by atoms with Crippen LogP contribution in [0.25, 0.3) is 6.08 Å². The van der Waals surface area contributed by atoms with Crippen LogP contribution in [-0.4, -0.2) is 50.7 Å². The third-order valence-electron chi connectivity index (χ3n) is 4.19. The number of piperidine rings is 1. The van der Waals surface area contributed by atoms with Gasteiger partial charge in [-0.15, -0.1) is 0 Å². The second-order valence-electron chi connectivity index (χ2n) is 5.79. The summed E-state index contributed by atoms with van der Waals surface area (Å²) in [7, 11) is 3.13. The van der Waals surface area contributed by atoms with Gasteiger partial charge in [0.05, 0.1) is 26.7 Å². The zero-order chi connectivity index (χ0) is 18.2. The van der Waals surface area contributed by atoms with Crippen molar-refractivity contribution in [1.82, 2.24) is 4.90 Å². The van der Waals surface area contributed by atoms with Gasteiger partial charge >= 0.3 is 5.97 Å². The number of ether oxygens (including phenoxy) is 3. The molecule has 0 bridgehead atoms. The number of rotatable bonds is 6. The van der Waals surface area contributed by atoms with Crippen molar-refractivity contribution >= 4 is 18.0 Å². The predicted octanol–water partition coefficient (Wildman–Crippen LogP) is 2.52. The molecule has 136 valence electrons. The highest BCUT2D eigenvalue weighted by Gasteiger charge is 2.28. The Balaban J connectivity index is 2.06. The molecule has 1 unspecified atom stereocenters. The van der Waals surface area contributed by atoms with E-state index in [1.807, 2.05) is 12.1 Å². The van der Waals surface area contributed by atoms with Gasteiger partial charge in [-0.3, -0.25) is 9.59 Å². The number of methoxy groups -OCH3 is 2. The van der Waals surface area contributed by atoms with Crippen molar-refractivity contribution in [3.63, 3.8) is 0 Å². The SMILES string of the molecule is CCOC(=O)C1CCCN(C(=O)/C=C/c2cccc(OC)c2OC)C1. The van der Waals surface area contributed by atoms with E-state index in [0.717, 1.165) is 18.4 Å². The Morgan fingerprint density at radius 3 is 2.76 bits per heavy atom. The Morgan fingerprint density at radius 1 is 1.28 bits per heavy atom. The summed E-state index contributed by atoms with van der Waals surface area (Å²) in [6, 6.07) is 5.48. The Morgan fingerprint density at radius 2 is 2.08 bits per heavy atom. The fourth-order valence-corrected chi connectivity index (χ4v) is 2.94. The summed E-state index contributed by atoms with van der Waals surface area (Å²) in [5.74, 6) is 0.601. The lowest BCUT2D eigenvalue weighted by atomic mass is 9.98. The van der Waals surface area contributed by atoms with Crippen LogP contribution in [0.1, 0.15) is 25.3 Å². The standard InChI is InChI=1S/C19H25NO5/c1-4-25-19(22)15-8-6-12-20(13-15)17(21)11-10-14-7-5-9-16(23-2)18(14)24-3/h5,7,9-11,15H,4,6,8,12-13H2,1-3H3/b11-10+. The van der Waals surface area contributed by atoms with Gasteiger partial charge in [-0.05, 0) is 31.9 Å². The Labute approximate surface area is 148 Å². The van der Waals surface area contributed by atoms with Gasteiger partial charge in [-0.1, -0.05) is 12.1 Å². The number of nitrogens with zero attached hydrogens (tertiary/aromatic N) is 1. The Kier molecular flexibility index (Phi) is 6.86. The second kappa shape index (κ2) is 9.11. The summed E-state index contributed by atoms with van der Waals surface area (Å²) < 4.78 is 15.7. The molecule has 25 heavy (non-hydrogen) atoms. The normalized spacial score (nSPS) is 17.4. The zero-order valence-corrected chi connectivity index (χ0v) is 15.0. The maximum absolute atomic E-state index is 12.5. The van der Waals surface area contributed by atoms with E-state index < -0.39 is 0 Å². The first-order chi connectivity index (χ1) is 12.1. The molecule has 1 heterocycles. The van der Waals surface area contributed by atoms with Gasteiger partial charge in [0.25, 0.3) is 0 Å². The third kappa shape index (κ3) is 4.75. The average Bonchev–Trinajstić information content (AvgIpc) is 2.65. The summed E-state index contributed by atoms with van der Waals surface area (Å²) in [5.41, 5.74) is 0.758. The van der Waals surface area contributed by atoms with Crippen LogP contribution in [0.3, 0.4) is 0 Å². The molecule has 1 saturated heterocycles. The average molecular weight is 347 g/mol. The summed E-state index contributed by atoms with van der Waals surface area (Å²) in [4.78, 5) is 26.0. The number of benzene rings is 1. The van der Waals surface area contributed by atoms with Crippen molar-refractivity contribution in [2.24, 2.45) is 5.92 Å². The van der Waals surface area contributed by atoms with Crippen LogP contribution in [-0.2, 0) is 14.3 Å². The van der Waals surface area contributed by atoms with Crippen molar-refractivity contribution in [3.8, 4) is 11.5 Å². The molecule has 0 aromatic heterocycles. The fraction of sp³-hybridized carbons (Fsp3) is 0.474. The minimum Gasteiger partial charge on any atom is -0.493 e. The molecule has 2 rings (SSSR count). The van der Waals surface area contributed by atoms with E-state index in [-0.39, 0.29) is 17.8 Å². The lowest BCUT2D eigenvalue weighted by molar-refractivity contribution is -0.150. The van der Waals surface area contributed by atoms with Crippen LogP contribution in [0.5, 0.6) is 11.5 Å². The predicted molar refractivity (Wildman–Crippen MR) is 94.5 cm³/mol. The van der Waals surface area contributed by atoms with Crippen molar-refractivity contribution in [2.45, 2.75) is 19.8 Å². The van der Waals surface area contributed by atoms with Crippen molar-refractivity contribution < 1.29 is 23.8 Å². The van der Waals surface area contributed by atoms with Crippen LogP contribution >= 0.6 is 0 Å². The molecule has 1 aromatic rings.